The van der Waals surface area contributed by atoms with E-state index in [0.29, 0.717) is 17.4 Å². The first-order valence-corrected chi connectivity index (χ1v) is 6.85. The number of rotatable bonds is 4. The Morgan fingerprint density at radius 2 is 1.87 bits per heavy atom. The van der Waals surface area contributed by atoms with Crippen LogP contribution in [0.15, 0.2) is 59.3 Å². The third kappa shape index (κ3) is 3.65. The standard InChI is InChI=1S/C16H14N4O3/c1-22-12-7-5-11(6-8-12)13-10-15(20-23-13)19-16(21)18-14-4-2-3-9-17-14/h2-10H,1H3,(H2,17,18,19,20,21). The molecular weight excluding hydrogens is 296 g/mol. The number of pyridine rings is 1. The second-order valence-electron chi connectivity index (χ2n) is 4.60. The normalized spacial score (nSPS) is 10.1. The first-order valence-electron chi connectivity index (χ1n) is 6.85. The molecule has 0 saturated heterocycles. The summed E-state index contributed by atoms with van der Waals surface area (Å²) in [6, 6.07) is 13.7. The maximum absolute atomic E-state index is 11.9. The Labute approximate surface area is 132 Å². The molecule has 3 rings (SSSR count). The maximum Gasteiger partial charge on any atom is 0.326 e. The van der Waals surface area contributed by atoms with Crippen LogP contribution in [0.3, 0.4) is 0 Å². The first-order chi connectivity index (χ1) is 11.2. The van der Waals surface area contributed by atoms with Crippen LogP contribution in [0.5, 0.6) is 5.75 Å². The van der Waals surface area contributed by atoms with Gasteiger partial charge >= 0.3 is 6.03 Å². The summed E-state index contributed by atoms with van der Waals surface area (Å²) in [4.78, 5) is 15.9. The zero-order valence-corrected chi connectivity index (χ0v) is 12.3. The molecule has 2 heterocycles. The summed E-state index contributed by atoms with van der Waals surface area (Å²) < 4.78 is 10.3. The van der Waals surface area contributed by atoms with E-state index in [1.807, 2.05) is 24.3 Å². The van der Waals surface area contributed by atoms with Crippen molar-refractivity contribution in [3.05, 3.63) is 54.7 Å². The minimum atomic E-state index is -0.446. The predicted molar refractivity (Wildman–Crippen MR) is 85.4 cm³/mol. The molecule has 2 aromatic heterocycles. The average molecular weight is 310 g/mol. The highest BCUT2D eigenvalue weighted by molar-refractivity contribution is 5.98. The van der Waals surface area contributed by atoms with Crippen molar-refractivity contribution in [1.29, 1.82) is 0 Å². The lowest BCUT2D eigenvalue weighted by Crippen LogP contribution is -2.20. The van der Waals surface area contributed by atoms with Crippen molar-refractivity contribution in [2.24, 2.45) is 0 Å². The van der Waals surface area contributed by atoms with Crippen LogP contribution in [0.2, 0.25) is 0 Å². The molecule has 3 aromatic rings. The van der Waals surface area contributed by atoms with E-state index in [9.17, 15) is 4.79 Å². The van der Waals surface area contributed by atoms with E-state index in [-0.39, 0.29) is 0 Å². The number of benzene rings is 1. The van der Waals surface area contributed by atoms with Gasteiger partial charge in [-0.3, -0.25) is 10.6 Å². The van der Waals surface area contributed by atoms with Gasteiger partial charge in [-0.1, -0.05) is 11.2 Å². The largest absolute Gasteiger partial charge is 0.497 e. The lowest BCUT2D eigenvalue weighted by Gasteiger charge is -2.03. The van der Waals surface area contributed by atoms with Gasteiger partial charge in [0.05, 0.1) is 7.11 Å². The Balaban J connectivity index is 1.65. The summed E-state index contributed by atoms with van der Waals surface area (Å²) >= 11 is 0. The number of aromatic nitrogens is 2. The fraction of sp³-hybridized carbons (Fsp3) is 0.0625. The van der Waals surface area contributed by atoms with Crippen molar-refractivity contribution in [3.63, 3.8) is 0 Å². The summed E-state index contributed by atoms with van der Waals surface area (Å²) in [6.45, 7) is 0. The van der Waals surface area contributed by atoms with Crippen molar-refractivity contribution in [2.45, 2.75) is 0 Å². The Hall–Kier alpha value is -3.35. The fourth-order valence-electron chi connectivity index (χ4n) is 1.93. The molecule has 0 radical (unpaired) electrons. The van der Waals surface area contributed by atoms with Gasteiger partial charge in [-0.25, -0.2) is 9.78 Å². The second kappa shape index (κ2) is 6.61. The highest BCUT2D eigenvalue weighted by atomic mass is 16.5. The Morgan fingerprint density at radius 3 is 2.57 bits per heavy atom. The lowest BCUT2D eigenvalue weighted by atomic mass is 10.2. The van der Waals surface area contributed by atoms with E-state index >= 15 is 0 Å². The van der Waals surface area contributed by atoms with Crippen LogP contribution in [0.1, 0.15) is 0 Å². The molecule has 0 aliphatic carbocycles. The summed E-state index contributed by atoms with van der Waals surface area (Å²) in [6.07, 6.45) is 1.59. The van der Waals surface area contributed by atoms with Gasteiger partial charge in [-0.15, -0.1) is 0 Å². The number of carbonyl (C=O) groups is 1. The van der Waals surface area contributed by atoms with Gasteiger partial charge < -0.3 is 9.26 Å². The molecule has 0 saturated carbocycles. The molecule has 0 aliphatic heterocycles. The number of methoxy groups -OCH3 is 1. The van der Waals surface area contributed by atoms with Crippen LogP contribution in [0.4, 0.5) is 16.4 Å². The van der Waals surface area contributed by atoms with E-state index in [1.54, 1.807) is 37.6 Å². The highest BCUT2D eigenvalue weighted by Gasteiger charge is 2.10. The minimum Gasteiger partial charge on any atom is -0.497 e. The molecule has 7 heteroatoms. The zero-order valence-electron chi connectivity index (χ0n) is 12.3. The number of amides is 2. The monoisotopic (exact) mass is 310 g/mol. The van der Waals surface area contributed by atoms with E-state index in [0.717, 1.165) is 11.3 Å². The first kappa shape index (κ1) is 14.6. The van der Waals surface area contributed by atoms with Crippen LogP contribution < -0.4 is 15.4 Å². The number of urea groups is 1. The zero-order chi connectivity index (χ0) is 16.1. The molecule has 2 N–H and O–H groups in total. The van der Waals surface area contributed by atoms with E-state index in [4.69, 9.17) is 9.26 Å². The molecule has 0 fully saturated rings. The fourth-order valence-corrected chi connectivity index (χ4v) is 1.93. The smallest absolute Gasteiger partial charge is 0.326 e. The molecule has 0 unspecified atom stereocenters. The number of nitrogens with zero attached hydrogens (tertiary/aromatic N) is 2. The van der Waals surface area contributed by atoms with E-state index < -0.39 is 6.03 Å². The summed E-state index contributed by atoms with van der Waals surface area (Å²) in [5.41, 5.74) is 0.830. The average Bonchev–Trinajstić information content (AvgIpc) is 3.04. The number of hydrogen-bond donors (Lipinski definition) is 2. The van der Waals surface area contributed by atoms with Crippen LogP contribution >= 0.6 is 0 Å². The van der Waals surface area contributed by atoms with Crippen LogP contribution in [0.25, 0.3) is 11.3 Å². The third-order valence-corrected chi connectivity index (χ3v) is 3.03. The van der Waals surface area contributed by atoms with Gasteiger partial charge in [0, 0.05) is 17.8 Å². The quantitative estimate of drug-likeness (QED) is 0.771. The van der Waals surface area contributed by atoms with Crippen molar-refractivity contribution in [1.82, 2.24) is 10.1 Å². The van der Waals surface area contributed by atoms with E-state index in [2.05, 4.69) is 20.8 Å². The van der Waals surface area contributed by atoms with Crippen molar-refractivity contribution < 1.29 is 14.1 Å². The van der Waals surface area contributed by atoms with Crippen LogP contribution in [-0.2, 0) is 0 Å². The van der Waals surface area contributed by atoms with Gasteiger partial charge in [0.1, 0.15) is 11.6 Å². The van der Waals surface area contributed by atoms with Crippen LogP contribution in [-0.4, -0.2) is 23.3 Å². The Kier molecular flexibility index (Phi) is 4.19. The Morgan fingerprint density at radius 1 is 1.09 bits per heavy atom. The topological polar surface area (TPSA) is 89.3 Å². The van der Waals surface area contributed by atoms with Gasteiger partial charge in [-0.05, 0) is 36.4 Å². The third-order valence-electron chi connectivity index (χ3n) is 3.03. The van der Waals surface area contributed by atoms with Crippen molar-refractivity contribution in [3.8, 4) is 17.1 Å². The highest BCUT2D eigenvalue weighted by Crippen LogP contribution is 2.24. The van der Waals surface area contributed by atoms with E-state index in [1.165, 1.54) is 0 Å². The Bertz CT molecular complexity index is 785. The van der Waals surface area contributed by atoms with Gasteiger partial charge in [0.25, 0.3) is 0 Å². The number of ether oxygens (including phenoxy) is 1. The summed E-state index contributed by atoms with van der Waals surface area (Å²) in [5, 5.41) is 9.00. The molecule has 1 aromatic carbocycles. The molecular formula is C16H14N4O3. The predicted octanol–water partition coefficient (Wildman–Crippen LogP) is 3.39. The van der Waals surface area contributed by atoms with Crippen molar-refractivity contribution in [2.75, 3.05) is 17.7 Å². The summed E-state index contributed by atoms with van der Waals surface area (Å²) in [7, 11) is 1.60. The molecule has 2 amide bonds. The number of hydrogen-bond acceptors (Lipinski definition) is 5. The maximum atomic E-state index is 11.9. The molecule has 23 heavy (non-hydrogen) atoms. The van der Waals surface area contributed by atoms with Crippen molar-refractivity contribution >= 4 is 17.7 Å². The molecule has 7 nitrogen and oxygen atoms in total. The molecule has 0 aliphatic rings. The number of carbonyl (C=O) groups excluding carboxylic acids is 1. The molecule has 0 atom stereocenters. The number of anilines is 2. The minimum absolute atomic E-state index is 0.309. The van der Waals surface area contributed by atoms with Gasteiger partial charge in [0.2, 0.25) is 0 Å². The summed E-state index contributed by atoms with van der Waals surface area (Å²) in [5.74, 6) is 2.05. The molecule has 116 valence electrons. The number of nitrogens with one attached hydrogen (secondary N) is 2. The van der Waals surface area contributed by atoms with Gasteiger partial charge in [-0.2, -0.15) is 0 Å². The second-order valence-corrected chi connectivity index (χ2v) is 4.60. The molecule has 0 bridgehead atoms. The van der Waals surface area contributed by atoms with Gasteiger partial charge in [0.15, 0.2) is 11.6 Å². The molecule has 0 spiro atoms. The van der Waals surface area contributed by atoms with Crippen LogP contribution in [0, 0.1) is 0 Å². The lowest BCUT2D eigenvalue weighted by molar-refractivity contribution is 0.262. The SMILES string of the molecule is COc1ccc(-c2cc(NC(=O)Nc3ccccn3)no2)cc1.